The van der Waals surface area contributed by atoms with Crippen LogP contribution in [-0.2, 0) is 4.79 Å². The normalized spacial score (nSPS) is 20.4. The number of H-pyrrole nitrogens is 1. The van der Waals surface area contributed by atoms with E-state index in [9.17, 15) is 9.59 Å². The van der Waals surface area contributed by atoms with Crippen LogP contribution in [0.4, 0.5) is 5.69 Å². The summed E-state index contributed by atoms with van der Waals surface area (Å²) in [5.41, 5.74) is 7.28. The number of aromatic nitrogens is 1. The second-order valence-electron chi connectivity index (χ2n) is 9.81. The summed E-state index contributed by atoms with van der Waals surface area (Å²) in [6.45, 7) is 9.40. The maximum atomic E-state index is 13.5. The zero-order valence-corrected chi connectivity index (χ0v) is 21.4. The van der Waals surface area contributed by atoms with E-state index in [1.807, 2.05) is 67.3 Å². The number of aryl methyl sites for hydroxylation is 1. The molecule has 3 aromatic rings. The first-order valence-corrected chi connectivity index (χ1v) is 12.3. The molecule has 7 heteroatoms. The number of anilines is 1. The fraction of sp³-hybridized carbons (Fsp3) is 0.310. The quantitative estimate of drug-likeness (QED) is 0.472. The van der Waals surface area contributed by atoms with Gasteiger partial charge in [0.15, 0.2) is 0 Å². The van der Waals surface area contributed by atoms with Gasteiger partial charge in [-0.25, -0.2) is 0 Å². The van der Waals surface area contributed by atoms with Crippen molar-refractivity contribution in [2.45, 2.75) is 39.8 Å². The highest BCUT2D eigenvalue weighted by atomic mass is 16.5. The van der Waals surface area contributed by atoms with Crippen LogP contribution in [0.5, 0.6) is 5.75 Å². The number of hydrogen-bond donors (Lipinski definition) is 3. The molecular weight excluding hydrogens is 452 g/mol. The lowest BCUT2D eigenvalue weighted by Gasteiger charge is -2.36. The third-order valence-electron chi connectivity index (χ3n) is 7.05. The molecule has 0 spiro atoms. The van der Waals surface area contributed by atoms with E-state index < -0.39 is 0 Å². The number of nitrogens with one attached hydrogen (secondary N) is 3. The van der Waals surface area contributed by atoms with Crippen molar-refractivity contribution in [2.24, 2.45) is 0 Å². The molecule has 0 saturated carbocycles. The Morgan fingerprint density at radius 3 is 2.42 bits per heavy atom. The maximum Gasteiger partial charge on any atom is 0.256 e. The average Bonchev–Trinajstić information content (AvgIpc) is 3.32. The van der Waals surface area contributed by atoms with Crippen molar-refractivity contribution < 1.29 is 14.3 Å². The first kappa shape index (κ1) is 23.9. The van der Waals surface area contributed by atoms with Crippen LogP contribution in [0.1, 0.15) is 46.7 Å². The summed E-state index contributed by atoms with van der Waals surface area (Å²) < 4.78 is 5.30. The number of hydrogen-bond acceptors (Lipinski definition) is 4. The van der Waals surface area contributed by atoms with Gasteiger partial charge < -0.3 is 25.3 Å². The van der Waals surface area contributed by atoms with Gasteiger partial charge in [0.05, 0.1) is 18.2 Å². The van der Waals surface area contributed by atoms with E-state index in [2.05, 4.69) is 29.5 Å². The van der Waals surface area contributed by atoms with Gasteiger partial charge in [-0.2, -0.15) is 0 Å². The number of amides is 2. The lowest BCUT2D eigenvalue weighted by molar-refractivity contribution is -0.110. The first-order chi connectivity index (χ1) is 17.3. The van der Waals surface area contributed by atoms with Gasteiger partial charge in [0.25, 0.3) is 11.8 Å². The number of aromatic amines is 1. The number of carbonyl (C=O) groups is 2. The Bertz CT molecular complexity index is 1360. The highest BCUT2D eigenvalue weighted by Gasteiger charge is 2.31. The molecule has 1 aromatic heterocycles. The van der Waals surface area contributed by atoms with Crippen molar-refractivity contribution in [1.29, 1.82) is 0 Å². The molecule has 0 radical (unpaired) electrons. The van der Waals surface area contributed by atoms with E-state index in [1.54, 1.807) is 7.11 Å². The van der Waals surface area contributed by atoms with Crippen LogP contribution in [0, 0.1) is 13.8 Å². The zero-order chi connectivity index (χ0) is 25.6. The molecule has 2 amide bonds. The van der Waals surface area contributed by atoms with Crippen molar-refractivity contribution in [2.75, 3.05) is 25.5 Å². The smallest absolute Gasteiger partial charge is 0.256 e. The van der Waals surface area contributed by atoms with Crippen LogP contribution in [0.15, 0.2) is 42.5 Å². The Hall–Kier alpha value is -3.84. The molecule has 2 aliphatic heterocycles. The molecule has 1 saturated heterocycles. The minimum Gasteiger partial charge on any atom is -0.497 e. The van der Waals surface area contributed by atoms with Crippen molar-refractivity contribution in [3.63, 3.8) is 0 Å². The average molecular weight is 485 g/mol. The van der Waals surface area contributed by atoms with E-state index in [1.165, 1.54) is 0 Å². The molecule has 0 aliphatic carbocycles. The molecule has 3 heterocycles. The highest BCUT2D eigenvalue weighted by Crippen LogP contribution is 2.41. The molecule has 0 bridgehead atoms. The van der Waals surface area contributed by atoms with Gasteiger partial charge in [0, 0.05) is 47.8 Å². The minimum atomic E-state index is -0.157. The lowest BCUT2D eigenvalue weighted by Crippen LogP contribution is -2.55. The summed E-state index contributed by atoms with van der Waals surface area (Å²) >= 11 is 0. The predicted octanol–water partition coefficient (Wildman–Crippen LogP) is 4.62. The molecule has 7 nitrogen and oxygen atoms in total. The third kappa shape index (κ3) is 4.20. The van der Waals surface area contributed by atoms with Gasteiger partial charge in [-0.15, -0.1) is 0 Å². The van der Waals surface area contributed by atoms with Crippen LogP contribution in [0.25, 0.3) is 22.8 Å². The number of piperazine rings is 1. The predicted molar refractivity (Wildman–Crippen MR) is 143 cm³/mol. The Balaban J connectivity index is 1.54. The summed E-state index contributed by atoms with van der Waals surface area (Å²) in [5.74, 6) is 0.649. The number of methoxy groups -OCH3 is 1. The molecule has 186 valence electrons. The van der Waals surface area contributed by atoms with Crippen LogP contribution in [0.3, 0.4) is 0 Å². The van der Waals surface area contributed by atoms with E-state index in [0.29, 0.717) is 24.2 Å². The van der Waals surface area contributed by atoms with Crippen LogP contribution < -0.4 is 15.4 Å². The lowest BCUT2D eigenvalue weighted by atomic mass is 9.94. The molecular formula is C29H32N4O3. The summed E-state index contributed by atoms with van der Waals surface area (Å²) in [6.07, 6.45) is 1.87. The SMILES string of the molecule is COc1ccc(-c2cccc3c2/C(=C/c2[nH]c(C)c(C(=O)N4C[C@H](C)N[C@@H](C)C4)c2C)C(=O)N3)cc1. The van der Waals surface area contributed by atoms with Crippen LogP contribution in [-0.4, -0.2) is 54.0 Å². The molecule has 0 unspecified atom stereocenters. The fourth-order valence-corrected chi connectivity index (χ4v) is 5.43. The Morgan fingerprint density at radius 1 is 1.06 bits per heavy atom. The van der Waals surface area contributed by atoms with Gasteiger partial charge in [-0.05, 0) is 68.7 Å². The van der Waals surface area contributed by atoms with Gasteiger partial charge in [-0.3, -0.25) is 9.59 Å². The van der Waals surface area contributed by atoms with Crippen molar-refractivity contribution in [1.82, 2.24) is 15.2 Å². The molecule has 36 heavy (non-hydrogen) atoms. The van der Waals surface area contributed by atoms with E-state index in [-0.39, 0.29) is 23.9 Å². The van der Waals surface area contributed by atoms with E-state index >= 15 is 0 Å². The number of carbonyl (C=O) groups excluding carboxylic acids is 2. The maximum absolute atomic E-state index is 13.5. The topological polar surface area (TPSA) is 86.5 Å². The van der Waals surface area contributed by atoms with Gasteiger partial charge in [-0.1, -0.05) is 24.3 Å². The number of benzene rings is 2. The summed E-state index contributed by atoms with van der Waals surface area (Å²) in [5, 5.41) is 6.47. The monoisotopic (exact) mass is 484 g/mol. The van der Waals surface area contributed by atoms with Crippen molar-refractivity contribution in [3.8, 4) is 16.9 Å². The number of ether oxygens (including phenoxy) is 1. The Labute approximate surface area is 211 Å². The van der Waals surface area contributed by atoms with E-state index in [4.69, 9.17) is 4.74 Å². The van der Waals surface area contributed by atoms with Crippen LogP contribution >= 0.6 is 0 Å². The second-order valence-corrected chi connectivity index (χ2v) is 9.81. The minimum absolute atomic E-state index is 0.0290. The van der Waals surface area contributed by atoms with E-state index in [0.717, 1.165) is 45.1 Å². The van der Waals surface area contributed by atoms with Crippen molar-refractivity contribution in [3.05, 3.63) is 70.5 Å². The number of fused-ring (bicyclic) bond motifs is 1. The first-order valence-electron chi connectivity index (χ1n) is 12.3. The number of nitrogens with zero attached hydrogens (tertiary/aromatic N) is 1. The summed E-state index contributed by atoms with van der Waals surface area (Å²) in [7, 11) is 1.64. The van der Waals surface area contributed by atoms with Gasteiger partial charge in [0.1, 0.15) is 5.75 Å². The van der Waals surface area contributed by atoms with Crippen molar-refractivity contribution >= 4 is 29.2 Å². The Kier molecular flexibility index (Phi) is 6.18. The molecule has 1 fully saturated rings. The molecule has 2 aliphatic rings. The molecule has 5 rings (SSSR count). The van der Waals surface area contributed by atoms with Gasteiger partial charge >= 0.3 is 0 Å². The molecule has 2 aromatic carbocycles. The zero-order valence-electron chi connectivity index (χ0n) is 21.4. The van der Waals surface area contributed by atoms with Crippen LogP contribution in [0.2, 0.25) is 0 Å². The fourth-order valence-electron chi connectivity index (χ4n) is 5.43. The van der Waals surface area contributed by atoms with Gasteiger partial charge in [0.2, 0.25) is 0 Å². The number of rotatable bonds is 4. The largest absolute Gasteiger partial charge is 0.497 e. The standard InChI is InChI=1S/C29H32N4O3/c1-16-14-33(15-17(2)30-16)29(35)26-18(3)25(31-19(26)4)13-23-27-22(7-6-8-24(27)32-28(23)34)20-9-11-21(36-5)12-10-20/h6-13,16-17,30-31H,14-15H2,1-5H3,(H,32,34)/b23-13-/t16-,17-/m0/s1. The Morgan fingerprint density at radius 2 is 1.75 bits per heavy atom. The summed E-state index contributed by atoms with van der Waals surface area (Å²) in [4.78, 5) is 31.9. The molecule has 3 N–H and O–H groups in total. The highest BCUT2D eigenvalue weighted by molar-refractivity contribution is 6.36. The third-order valence-corrected chi connectivity index (χ3v) is 7.05. The second kappa shape index (κ2) is 9.32. The molecule has 2 atom stereocenters. The summed E-state index contributed by atoms with van der Waals surface area (Å²) in [6, 6.07) is 14.2.